The van der Waals surface area contributed by atoms with E-state index in [4.69, 9.17) is 11.6 Å². The van der Waals surface area contributed by atoms with Crippen LogP contribution >= 0.6 is 23.4 Å². The molecule has 0 radical (unpaired) electrons. The molecule has 26 heavy (non-hydrogen) atoms. The highest BCUT2D eigenvalue weighted by atomic mass is 35.5. The molecule has 0 atom stereocenters. The van der Waals surface area contributed by atoms with Crippen molar-refractivity contribution < 1.29 is 4.79 Å². The summed E-state index contributed by atoms with van der Waals surface area (Å²) in [5.41, 5.74) is 3.98. The van der Waals surface area contributed by atoms with Crippen molar-refractivity contribution >= 4 is 29.1 Å². The van der Waals surface area contributed by atoms with Crippen molar-refractivity contribution in [2.75, 3.05) is 0 Å². The van der Waals surface area contributed by atoms with Crippen LogP contribution in [0, 0.1) is 20.8 Å². The summed E-state index contributed by atoms with van der Waals surface area (Å²) in [5.74, 6) is 1.19. The Morgan fingerprint density at radius 1 is 1.12 bits per heavy atom. The Morgan fingerprint density at radius 3 is 2.46 bits per heavy atom. The quantitative estimate of drug-likeness (QED) is 0.360. The number of para-hydroxylation sites is 1. The maximum atomic E-state index is 12.0. The van der Waals surface area contributed by atoms with Gasteiger partial charge in [-0.15, -0.1) is 11.8 Å². The third-order valence-electron chi connectivity index (χ3n) is 4.00. The van der Waals surface area contributed by atoms with E-state index in [1.807, 2.05) is 51.1 Å². The van der Waals surface area contributed by atoms with Crippen LogP contribution in [0.25, 0.3) is 5.69 Å². The van der Waals surface area contributed by atoms with Gasteiger partial charge in [0.15, 0.2) is 5.78 Å². The molecule has 0 spiro atoms. The van der Waals surface area contributed by atoms with Gasteiger partial charge in [0, 0.05) is 11.3 Å². The van der Waals surface area contributed by atoms with Crippen LogP contribution in [0.2, 0.25) is 5.15 Å². The highest BCUT2D eigenvalue weighted by molar-refractivity contribution is 7.98. The number of hydrogen-bond donors (Lipinski definition) is 0. The van der Waals surface area contributed by atoms with E-state index in [-0.39, 0.29) is 5.78 Å². The monoisotopic (exact) mass is 386 g/mol. The number of aromatic nitrogens is 4. The minimum Gasteiger partial charge on any atom is -0.294 e. The molecule has 0 N–H and O–H groups in total. The van der Waals surface area contributed by atoms with E-state index in [0.29, 0.717) is 33.0 Å². The molecule has 0 bridgehead atoms. The number of Topliss-reactive ketones (excluding diaryl/α,β-unsaturated/α-hetero) is 1. The fourth-order valence-electron chi connectivity index (χ4n) is 2.77. The zero-order valence-corrected chi connectivity index (χ0v) is 16.6. The zero-order valence-electron chi connectivity index (χ0n) is 15.1. The van der Waals surface area contributed by atoms with Gasteiger partial charge in [-0.3, -0.25) is 4.79 Å². The van der Waals surface area contributed by atoms with Crippen LogP contribution < -0.4 is 0 Å². The van der Waals surface area contributed by atoms with Crippen LogP contribution in [0.1, 0.15) is 40.1 Å². The molecule has 0 amide bonds. The molecule has 0 unspecified atom stereocenters. The van der Waals surface area contributed by atoms with Gasteiger partial charge in [0.2, 0.25) is 0 Å². The second-order valence-electron chi connectivity index (χ2n) is 5.98. The normalized spacial score (nSPS) is 11.0. The van der Waals surface area contributed by atoms with E-state index in [0.717, 1.165) is 16.9 Å². The van der Waals surface area contributed by atoms with Crippen molar-refractivity contribution in [3.8, 4) is 5.69 Å². The summed E-state index contributed by atoms with van der Waals surface area (Å²) in [7, 11) is 0. The lowest BCUT2D eigenvalue weighted by Crippen LogP contribution is -2.06. The number of halogens is 1. The molecule has 0 saturated heterocycles. The van der Waals surface area contributed by atoms with E-state index in [1.54, 1.807) is 4.68 Å². The first-order valence-electron chi connectivity index (χ1n) is 8.17. The second-order valence-corrected chi connectivity index (χ2v) is 7.31. The highest BCUT2D eigenvalue weighted by Gasteiger charge is 2.19. The summed E-state index contributed by atoms with van der Waals surface area (Å²) in [6.45, 7) is 7.13. The number of thioether (sulfide) groups is 1. The SMILES string of the molecule is CC(=O)c1c(C)nc(C)nc1SCc1c(C)nn(-c2ccccc2)c1Cl. The van der Waals surface area contributed by atoms with Crippen molar-refractivity contribution in [3.05, 3.63) is 63.8 Å². The van der Waals surface area contributed by atoms with Crippen molar-refractivity contribution in [1.82, 2.24) is 19.7 Å². The molecule has 0 saturated carbocycles. The van der Waals surface area contributed by atoms with E-state index in [1.165, 1.54) is 18.7 Å². The Balaban J connectivity index is 1.92. The predicted octanol–water partition coefficient (Wildman–Crippen LogP) is 4.74. The van der Waals surface area contributed by atoms with Crippen molar-refractivity contribution in [3.63, 3.8) is 0 Å². The first-order chi connectivity index (χ1) is 12.4. The number of aryl methyl sites for hydroxylation is 3. The van der Waals surface area contributed by atoms with E-state index in [9.17, 15) is 4.79 Å². The van der Waals surface area contributed by atoms with Gasteiger partial charge in [-0.2, -0.15) is 5.10 Å². The van der Waals surface area contributed by atoms with Crippen LogP contribution in [-0.2, 0) is 5.75 Å². The lowest BCUT2D eigenvalue weighted by Gasteiger charge is -2.09. The summed E-state index contributed by atoms with van der Waals surface area (Å²) < 4.78 is 1.73. The predicted molar refractivity (Wildman–Crippen MR) is 104 cm³/mol. The number of ketones is 1. The van der Waals surface area contributed by atoms with Gasteiger partial charge in [0.05, 0.1) is 22.6 Å². The fourth-order valence-corrected chi connectivity index (χ4v) is 4.44. The molecule has 0 aliphatic carbocycles. The van der Waals surface area contributed by atoms with Crippen LogP contribution in [0.4, 0.5) is 0 Å². The van der Waals surface area contributed by atoms with Gasteiger partial charge in [0.25, 0.3) is 0 Å². The van der Waals surface area contributed by atoms with Crippen LogP contribution in [0.5, 0.6) is 0 Å². The lowest BCUT2D eigenvalue weighted by atomic mass is 10.2. The molecular formula is C19H19ClN4OS. The Kier molecular flexibility index (Phi) is 5.44. The Hall–Kier alpha value is -2.18. The number of nitrogens with zero attached hydrogens (tertiary/aromatic N) is 4. The second kappa shape index (κ2) is 7.60. The summed E-state index contributed by atoms with van der Waals surface area (Å²) in [6, 6.07) is 9.76. The van der Waals surface area contributed by atoms with E-state index >= 15 is 0 Å². The third-order valence-corrected chi connectivity index (χ3v) is 5.39. The van der Waals surface area contributed by atoms with Crippen molar-refractivity contribution in [1.29, 1.82) is 0 Å². The number of carbonyl (C=O) groups is 1. The van der Waals surface area contributed by atoms with Crippen molar-refractivity contribution in [2.45, 2.75) is 38.5 Å². The Morgan fingerprint density at radius 2 is 1.81 bits per heavy atom. The molecule has 3 aromatic rings. The Labute approximate surface area is 161 Å². The minimum absolute atomic E-state index is 0.0344. The van der Waals surface area contributed by atoms with Gasteiger partial charge in [-0.25, -0.2) is 14.6 Å². The molecule has 134 valence electrons. The molecule has 0 fully saturated rings. The molecule has 2 heterocycles. The molecule has 0 aliphatic heterocycles. The van der Waals surface area contributed by atoms with Crippen LogP contribution in [-0.4, -0.2) is 25.5 Å². The maximum absolute atomic E-state index is 12.0. The fraction of sp³-hybridized carbons (Fsp3) is 0.263. The molecule has 2 aromatic heterocycles. The van der Waals surface area contributed by atoms with Gasteiger partial charge in [0.1, 0.15) is 16.0 Å². The number of hydrogen-bond acceptors (Lipinski definition) is 5. The van der Waals surface area contributed by atoms with Gasteiger partial charge in [-0.05, 0) is 39.8 Å². The van der Waals surface area contributed by atoms with Gasteiger partial charge >= 0.3 is 0 Å². The highest BCUT2D eigenvalue weighted by Crippen LogP contribution is 2.32. The smallest absolute Gasteiger partial charge is 0.164 e. The lowest BCUT2D eigenvalue weighted by molar-refractivity contribution is 0.101. The molecule has 7 heteroatoms. The van der Waals surface area contributed by atoms with Crippen LogP contribution in [0.3, 0.4) is 0 Å². The van der Waals surface area contributed by atoms with Gasteiger partial charge in [-0.1, -0.05) is 29.8 Å². The molecule has 5 nitrogen and oxygen atoms in total. The zero-order chi connectivity index (χ0) is 18.8. The summed E-state index contributed by atoms with van der Waals surface area (Å²) in [6.07, 6.45) is 0. The Bertz CT molecular complexity index is 969. The standard InChI is InChI=1S/C19H19ClN4OS/c1-11-16(18(20)24(23-11)15-8-6-5-7-9-15)10-26-19-17(13(3)25)12(2)21-14(4)22-19/h5-9H,10H2,1-4H3. The largest absolute Gasteiger partial charge is 0.294 e. The maximum Gasteiger partial charge on any atom is 0.164 e. The number of benzene rings is 1. The van der Waals surface area contributed by atoms with Crippen LogP contribution in [0.15, 0.2) is 35.4 Å². The minimum atomic E-state index is -0.0344. The average Bonchev–Trinajstić information content (AvgIpc) is 2.87. The summed E-state index contributed by atoms with van der Waals surface area (Å²) >= 11 is 8.07. The number of rotatable bonds is 5. The molecule has 0 aliphatic rings. The van der Waals surface area contributed by atoms with E-state index in [2.05, 4.69) is 15.1 Å². The van der Waals surface area contributed by atoms with Gasteiger partial charge < -0.3 is 0 Å². The summed E-state index contributed by atoms with van der Waals surface area (Å²) in [4.78, 5) is 20.8. The topological polar surface area (TPSA) is 60.7 Å². The molecule has 3 rings (SSSR count). The first-order valence-corrected chi connectivity index (χ1v) is 9.53. The molecule has 1 aromatic carbocycles. The van der Waals surface area contributed by atoms with E-state index < -0.39 is 0 Å². The van der Waals surface area contributed by atoms with Crippen molar-refractivity contribution in [2.24, 2.45) is 0 Å². The first kappa shape index (κ1) is 18.6. The third kappa shape index (κ3) is 3.66. The molecular weight excluding hydrogens is 368 g/mol. The average molecular weight is 387 g/mol. The summed E-state index contributed by atoms with van der Waals surface area (Å²) in [5, 5.41) is 5.82. The number of carbonyl (C=O) groups excluding carboxylic acids is 1.